The summed E-state index contributed by atoms with van der Waals surface area (Å²) in [4.78, 5) is 20.7. The zero-order valence-electron chi connectivity index (χ0n) is 13.4. The number of anilines is 2. The summed E-state index contributed by atoms with van der Waals surface area (Å²) in [5, 5.41) is 10.2. The molecule has 1 aliphatic rings. The fourth-order valence-electron chi connectivity index (χ4n) is 3.24. The third-order valence-corrected chi connectivity index (χ3v) is 4.45. The molecule has 23 heavy (non-hydrogen) atoms. The quantitative estimate of drug-likeness (QED) is 0.802. The van der Waals surface area contributed by atoms with Gasteiger partial charge in [-0.15, -0.1) is 0 Å². The summed E-state index contributed by atoms with van der Waals surface area (Å²) >= 11 is 0. The van der Waals surface area contributed by atoms with Crippen molar-refractivity contribution in [1.82, 2.24) is 20.2 Å². The van der Waals surface area contributed by atoms with E-state index in [2.05, 4.69) is 32.4 Å². The number of nitrogens with two attached hydrogens (primary N) is 1. The number of hydrogen-bond acceptors (Lipinski definition) is 5. The second-order valence-corrected chi connectivity index (χ2v) is 6.39. The standard InChI is InChI=1S/C16H22N6O/c1-9-3-4-11(15(17)23)12(7-9)16-18-6-5-13(20-16)19-14-8-10(2)21-22-14/h5-6,8-9,11-12H,3-4,7H2,1-2H3,(H2,17,23)(H2,18,19,20,21,22). The Hall–Kier alpha value is -2.44. The first-order valence-corrected chi connectivity index (χ1v) is 7.94. The van der Waals surface area contributed by atoms with Crippen LogP contribution in [0.1, 0.15) is 43.6 Å². The third kappa shape index (κ3) is 3.49. The van der Waals surface area contributed by atoms with Crippen molar-refractivity contribution in [3.05, 3.63) is 29.8 Å². The van der Waals surface area contributed by atoms with Gasteiger partial charge in [0.1, 0.15) is 11.6 Å². The molecule has 3 unspecified atom stereocenters. The maximum Gasteiger partial charge on any atom is 0.221 e. The normalized spacial score (nSPS) is 24.3. The van der Waals surface area contributed by atoms with Crippen LogP contribution >= 0.6 is 0 Å². The molecule has 0 aliphatic heterocycles. The monoisotopic (exact) mass is 314 g/mol. The second-order valence-electron chi connectivity index (χ2n) is 6.39. The van der Waals surface area contributed by atoms with E-state index in [0.717, 1.165) is 25.0 Å². The van der Waals surface area contributed by atoms with E-state index in [0.29, 0.717) is 23.4 Å². The van der Waals surface area contributed by atoms with Crippen molar-refractivity contribution in [2.24, 2.45) is 17.6 Å². The summed E-state index contributed by atoms with van der Waals surface area (Å²) in [5.74, 6) is 2.14. The first-order chi connectivity index (χ1) is 11.0. The molecule has 0 bridgehead atoms. The van der Waals surface area contributed by atoms with E-state index in [9.17, 15) is 4.79 Å². The first-order valence-electron chi connectivity index (χ1n) is 7.94. The predicted molar refractivity (Wildman–Crippen MR) is 87.1 cm³/mol. The van der Waals surface area contributed by atoms with Crippen molar-refractivity contribution in [3.8, 4) is 0 Å². The van der Waals surface area contributed by atoms with Crippen LogP contribution in [-0.4, -0.2) is 26.1 Å². The van der Waals surface area contributed by atoms with E-state index in [4.69, 9.17) is 5.73 Å². The Kier molecular flexibility index (Phi) is 4.27. The lowest BCUT2D eigenvalue weighted by Crippen LogP contribution is -2.34. The van der Waals surface area contributed by atoms with Gasteiger partial charge in [-0.25, -0.2) is 9.97 Å². The number of aryl methyl sites for hydroxylation is 1. The molecule has 1 aliphatic carbocycles. The highest BCUT2D eigenvalue weighted by Crippen LogP contribution is 2.39. The van der Waals surface area contributed by atoms with Gasteiger partial charge in [0.25, 0.3) is 0 Å². The number of aromatic nitrogens is 4. The number of amides is 1. The van der Waals surface area contributed by atoms with Crippen molar-refractivity contribution >= 4 is 17.5 Å². The number of primary amides is 1. The molecule has 2 aromatic rings. The average molecular weight is 314 g/mol. The maximum atomic E-state index is 11.8. The number of hydrogen-bond donors (Lipinski definition) is 3. The van der Waals surface area contributed by atoms with Crippen LogP contribution in [0.15, 0.2) is 18.3 Å². The van der Waals surface area contributed by atoms with Gasteiger partial charge in [0, 0.05) is 29.8 Å². The van der Waals surface area contributed by atoms with E-state index in [1.54, 1.807) is 12.3 Å². The predicted octanol–water partition coefficient (Wildman–Crippen LogP) is 2.26. The molecule has 0 aromatic carbocycles. The number of carbonyl (C=O) groups excluding carboxylic acids is 1. The Labute approximate surface area is 135 Å². The minimum absolute atomic E-state index is 0.0149. The van der Waals surface area contributed by atoms with Gasteiger partial charge in [-0.3, -0.25) is 9.89 Å². The molecule has 0 radical (unpaired) electrons. The van der Waals surface area contributed by atoms with Crippen LogP contribution in [0.25, 0.3) is 0 Å². The molecule has 1 fully saturated rings. The largest absolute Gasteiger partial charge is 0.369 e. The fraction of sp³-hybridized carbons (Fsp3) is 0.500. The second kappa shape index (κ2) is 6.36. The van der Waals surface area contributed by atoms with Crippen molar-refractivity contribution in [2.45, 2.75) is 39.0 Å². The first kappa shape index (κ1) is 15.5. The SMILES string of the molecule is Cc1cc(Nc2ccnc(C3CC(C)CCC3C(N)=O)n2)n[nH]1. The Bertz CT molecular complexity index is 697. The smallest absolute Gasteiger partial charge is 0.221 e. The molecule has 7 heteroatoms. The van der Waals surface area contributed by atoms with Gasteiger partial charge in [-0.2, -0.15) is 5.10 Å². The van der Waals surface area contributed by atoms with Gasteiger partial charge >= 0.3 is 0 Å². The minimum atomic E-state index is -0.258. The molecule has 2 heterocycles. The van der Waals surface area contributed by atoms with Crippen molar-refractivity contribution in [2.75, 3.05) is 5.32 Å². The lowest BCUT2D eigenvalue weighted by molar-refractivity contribution is -0.123. The zero-order chi connectivity index (χ0) is 16.4. The van der Waals surface area contributed by atoms with Gasteiger partial charge < -0.3 is 11.1 Å². The van der Waals surface area contributed by atoms with E-state index in [-0.39, 0.29) is 17.7 Å². The Morgan fingerprint density at radius 1 is 1.39 bits per heavy atom. The molecule has 2 aromatic heterocycles. The average Bonchev–Trinajstić information content (AvgIpc) is 2.92. The molecule has 3 rings (SSSR count). The molecule has 3 atom stereocenters. The highest BCUT2D eigenvalue weighted by molar-refractivity contribution is 5.77. The molecular formula is C16H22N6O. The van der Waals surface area contributed by atoms with Gasteiger partial charge in [-0.05, 0) is 38.2 Å². The lowest BCUT2D eigenvalue weighted by atomic mass is 9.74. The summed E-state index contributed by atoms with van der Waals surface area (Å²) in [6.07, 6.45) is 4.43. The molecule has 0 saturated heterocycles. The van der Waals surface area contributed by atoms with E-state index >= 15 is 0 Å². The van der Waals surface area contributed by atoms with Crippen LogP contribution < -0.4 is 11.1 Å². The van der Waals surface area contributed by atoms with Gasteiger partial charge in [0.2, 0.25) is 5.91 Å². The van der Waals surface area contributed by atoms with Crippen molar-refractivity contribution in [1.29, 1.82) is 0 Å². The highest BCUT2D eigenvalue weighted by atomic mass is 16.1. The van der Waals surface area contributed by atoms with Gasteiger partial charge in [-0.1, -0.05) is 6.92 Å². The number of rotatable bonds is 4. The Morgan fingerprint density at radius 2 is 2.22 bits per heavy atom. The number of nitrogens with one attached hydrogen (secondary N) is 2. The summed E-state index contributed by atoms with van der Waals surface area (Å²) < 4.78 is 0. The van der Waals surface area contributed by atoms with Crippen LogP contribution in [0, 0.1) is 18.8 Å². The van der Waals surface area contributed by atoms with Crippen LogP contribution in [0.3, 0.4) is 0 Å². The zero-order valence-corrected chi connectivity index (χ0v) is 13.4. The molecule has 1 amide bonds. The molecule has 4 N–H and O–H groups in total. The number of aromatic amines is 1. The van der Waals surface area contributed by atoms with Crippen molar-refractivity contribution < 1.29 is 4.79 Å². The minimum Gasteiger partial charge on any atom is -0.369 e. The summed E-state index contributed by atoms with van der Waals surface area (Å²) in [6.45, 7) is 4.13. The molecule has 7 nitrogen and oxygen atoms in total. The summed E-state index contributed by atoms with van der Waals surface area (Å²) in [5.41, 5.74) is 6.55. The fourth-order valence-corrected chi connectivity index (χ4v) is 3.24. The Balaban J connectivity index is 1.83. The van der Waals surface area contributed by atoms with Gasteiger partial charge in [0.15, 0.2) is 5.82 Å². The Morgan fingerprint density at radius 3 is 2.91 bits per heavy atom. The van der Waals surface area contributed by atoms with E-state index in [1.165, 1.54) is 0 Å². The lowest BCUT2D eigenvalue weighted by Gasteiger charge is -2.32. The van der Waals surface area contributed by atoms with Crippen LogP contribution in [0.5, 0.6) is 0 Å². The number of carbonyl (C=O) groups is 1. The van der Waals surface area contributed by atoms with E-state index in [1.807, 2.05) is 13.0 Å². The highest BCUT2D eigenvalue weighted by Gasteiger charge is 2.35. The van der Waals surface area contributed by atoms with Gasteiger partial charge in [0.05, 0.1) is 0 Å². The third-order valence-electron chi connectivity index (χ3n) is 4.45. The summed E-state index contributed by atoms with van der Waals surface area (Å²) in [7, 11) is 0. The molecule has 0 spiro atoms. The van der Waals surface area contributed by atoms with E-state index < -0.39 is 0 Å². The van der Waals surface area contributed by atoms with Crippen LogP contribution in [0.4, 0.5) is 11.6 Å². The van der Waals surface area contributed by atoms with Crippen LogP contribution in [0.2, 0.25) is 0 Å². The molecule has 1 saturated carbocycles. The molecule has 122 valence electrons. The maximum absolute atomic E-state index is 11.8. The van der Waals surface area contributed by atoms with Crippen LogP contribution in [-0.2, 0) is 4.79 Å². The molecular weight excluding hydrogens is 292 g/mol. The number of H-pyrrole nitrogens is 1. The van der Waals surface area contributed by atoms with Crippen molar-refractivity contribution in [3.63, 3.8) is 0 Å². The topological polar surface area (TPSA) is 110 Å². The summed E-state index contributed by atoms with van der Waals surface area (Å²) in [6, 6.07) is 3.69. The number of nitrogens with zero attached hydrogens (tertiary/aromatic N) is 3.